The first-order valence-electron chi connectivity index (χ1n) is 11.6. The van der Waals surface area contributed by atoms with Crippen LogP contribution in [0.15, 0.2) is 73.1 Å². The maximum absolute atomic E-state index is 5.95. The van der Waals surface area contributed by atoms with Gasteiger partial charge in [-0.05, 0) is 40.7 Å². The number of nitrogens with zero attached hydrogens (tertiary/aromatic N) is 4. The number of aromatic nitrogens is 5. The lowest BCUT2D eigenvalue weighted by Gasteiger charge is -2.21. The third-order valence-electron chi connectivity index (χ3n) is 6.02. The molecule has 1 N–H and O–H groups in total. The molecule has 0 amide bonds. The first-order valence-corrected chi connectivity index (χ1v) is 11.6. The van der Waals surface area contributed by atoms with Crippen LogP contribution in [0.5, 0.6) is 6.01 Å². The normalized spacial score (nSPS) is 11.8. The molecule has 0 unspecified atom stereocenters. The number of nitrogens with one attached hydrogen (secondary N) is 1. The second-order valence-electron chi connectivity index (χ2n) is 9.41. The van der Waals surface area contributed by atoms with Crippen LogP contribution in [0.25, 0.3) is 33.5 Å². The highest BCUT2D eigenvalue weighted by molar-refractivity contribution is 5.82. The highest BCUT2D eigenvalue weighted by Gasteiger charge is 2.22. The average molecular weight is 452 g/mol. The third-order valence-corrected chi connectivity index (χ3v) is 6.02. The van der Waals surface area contributed by atoms with Gasteiger partial charge in [0.1, 0.15) is 6.33 Å². The van der Waals surface area contributed by atoms with E-state index in [1.165, 1.54) is 17.5 Å². The maximum Gasteiger partial charge on any atom is 0.297 e. The molecular weight excluding hydrogens is 422 g/mol. The van der Waals surface area contributed by atoms with Crippen LogP contribution < -0.4 is 4.74 Å². The van der Waals surface area contributed by atoms with Crippen LogP contribution in [0.2, 0.25) is 0 Å². The fourth-order valence-electron chi connectivity index (χ4n) is 4.40. The molecule has 0 aliphatic rings. The standard InChI is InChI=1S/C28H29N5O/c1-5-34-27-31-24-12-8-11-23(28(2,3)4)25(24)33(27)17-19-13-15-20(16-14-19)21-9-6-7-10-22(21)26-29-18-30-32-26/h6-16,18H,5,17H2,1-4H3,(H,29,30,32). The van der Waals surface area contributed by atoms with Crippen LogP contribution in [-0.4, -0.2) is 31.3 Å². The second-order valence-corrected chi connectivity index (χ2v) is 9.41. The van der Waals surface area contributed by atoms with Crippen molar-refractivity contribution in [3.05, 3.63) is 84.2 Å². The van der Waals surface area contributed by atoms with Gasteiger partial charge in [0.25, 0.3) is 6.01 Å². The minimum absolute atomic E-state index is 0.00491. The SMILES string of the molecule is CCOc1nc2cccc(C(C)(C)C)c2n1Cc1ccc(-c2ccccc2-c2ncn[nH]2)cc1. The molecule has 2 heterocycles. The van der Waals surface area contributed by atoms with E-state index in [1.54, 1.807) is 0 Å². The molecule has 6 heteroatoms. The summed E-state index contributed by atoms with van der Waals surface area (Å²) >= 11 is 0. The van der Waals surface area contributed by atoms with E-state index in [0.717, 1.165) is 33.5 Å². The quantitative estimate of drug-likeness (QED) is 0.332. The Kier molecular flexibility index (Phi) is 5.65. The number of ether oxygens (including phenoxy) is 1. The van der Waals surface area contributed by atoms with Crippen molar-refractivity contribution in [2.24, 2.45) is 0 Å². The molecule has 0 radical (unpaired) electrons. The topological polar surface area (TPSA) is 68.6 Å². The largest absolute Gasteiger partial charge is 0.465 e. The molecular formula is C28H29N5O. The van der Waals surface area contributed by atoms with Crippen molar-refractivity contribution in [3.63, 3.8) is 0 Å². The van der Waals surface area contributed by atoms with Gasteiger partial charge < -0.3 is 4.74 Å². The predicted molar refractivity (Wildman–Crippen MR) is 136 cm³/mol. The number of hydrogen-bond acceptors (Lipinski definition) is 4. The lowest BCUT2D eigenvalue weighted by atomic mass is 9.86. The Morgan fingerprint density at radius 2 is 1.68 bits per heavy atom. The molecule has 0 spiro atoms. The van der Waals surface area contributed by atoms with Crippen LogP contribution in [0.1, 0.15) is 38.8 Å². The van der Waals surface area contributed by atoms with Gasteiger partial charge in [0.05, 0.1) is 24.2 Å². The van der Waals surface area contributed by atoms with Crippen molar-refractivity contribution in [3.8, 4) is 28.5 Å². The fraction of sp³-hybridized carbons (Fsp3) is 0.250. The first kappa shape index (κ1) is 21.9. The zero-order valence-electron chi connectivity index (χ0n) is 20.0. The summed E-state index contributed by atoms with van der Waals surface area (Å²) < 4.78 is 8.15. The minimum atomic E-state index is -0.00491. The summed E-state index contributed by atoms with van der Waals surface area (Å²) in [7, 11) is 0. The van der Waals surface area contributed by atoms with E-state index in [0.29, 0.717) is 19.2 Å². The van der Waals surface area contributed by atoms with Gasteiger partial charge in [-0.3, -0.25) is 9.67 Å². The van der Waals surface area contributed by atoms with Gasteiger partial charge in [0.2, 0.25) is 0 Å². The van der Waals surface area contributed by atoms with E-state index in [1.807, 2.05) is 19.1 Å². The van der Waals surface area contributed by atoms with E-state index >= 15 is 0 Å². The summed E-state index contributed by atoms with van der Waals surface area (Å²) in [5.74, 6) is 0.764. The Labute approximate surface area is 199 Å². The minimum Gasteiger partial charge on any atom is -0.465 e. The van der Waals surface area contributed by atoms with Crippen molar-refractivity contribution < 1.29 is 4.74 Å². The zero-order chi connectivity index (χ0) is 23.7. The number of para-hydroxylation sites is 1. The number of H-pyrrole nitrogens is 1. The van der Waals surface area contributed by atoms with Gasteiger partial charge >= 0.3 is 0 Å². The predicted octanol–water partition coefficient (Wildman–Crippen LogP) is 6.23. The summed E-state index contributed by atoms with van der Waals surface area (Å²) in [5, 5.41) is 6.98. The van der Waals surface area contributed by atoms with Crippen molar-refractivity contribution >= 4 is 11.0 Å². The third kappa shape index (κ3) is 4.07. The summed E-state index contributed by atoms with van der Waals surface area (Å²) in [6.07, 6.45) is 1.53. The molecule has 2 aromatic heterocycles. The van der Waals surface area contributed by atoms with Gasteiger partial charge in [0.15, 0.2) is 5.82 Å². The van der Waals surface area contributed by atoms with E-state index in [2.05, 4.69) is 95.1 Å². The van der Waals surface area contributed by atoms with Gasteiger partial charge in [0, 0.05) is 5.56 Å². The molecule has 0 saturated heterocycles. The molecule has 0 aliphatic carbocycles. The van der Waals surface area contributed by atoms with Crippen LogP contribution in [0.3, 0.4) is 0 Å². The highest BCUT2D eigenvalue weighted by atomic mass is 16.5. The maximum atomic E-state index is 5.95. The number of imidazole rings is 1. The molecule has 3 aromatic carbocycles. The molecule has 34 heavy (non-hydrogen) atoms. The van der Waals surface area contributed by atoms with Gasteiger partial charge in [-0.2, -0.15) is 10.1 Å². The van der Waals surface area contributed by atoms with E-state index in [4.69, 9.17) is 9.72 Å². The molecule has 5 rings (SSSR count). The molecule has 0 aliphatic heterocycles. The van der Waals surface area contributed by atoms with Crippen molar-refractivity contribution in [1.82, 2.24) is 24.7 Å². The zero-order valence-corrected chi connectivity index (χ0v) is 20.0. The van der Waals surface area contributed by atoms with E-state index in [9.17, 15) is 0 Å². The monoisotopic (exact) mass is 451 g/mol. The number of hydrogen-bond donors (Lipinski definition) is 1. The summed E-state index contributed by atoms with van der Waals surface area (Å²) in [4.78, 5) is 9.14. The molecule has 0 atom stereocenters. The smallest absolute Gasteiger partial charge is 0.297 e. The number of aromatic amines is 1. The molecule has 5 aromatic rings. The summed E-state index contributed by atoms with van der Waals surface area (Å²) in [6, 6.07) is 23.9. The number of benzene rings is 3. The lowest BCUT2D eigenvalue weighted by Crippen LogP contribution is -2.14. The van der Waals surface area contributed by atoms with Crippen LogP contribution in [0.4, 0.5) is 0 Å². The Morgan fingerprint density at radius 1 is 0.912 bits per heavy atom. The molecule has 0 saturated carbocycles. The Hall–Kier alpha value is -3.93. The molecule has 0 bridgehead atoms. The van der Waals surface area contributed by atoms with Gasteiger partial charge in [-0.1, -0.05) is 81.4 Å². The summed E-state index contributed by atoms with van der Waals surface area (Å²) in [5.41, 5.74) is 7.82. The highest BCUT2D eigenvalue weighted by Crippen LogP contribution is 2.34. The first-order chi connectivity index (χ1) is 16.5. The summed E-state index contributed by atoms with van der Waals surface area (Å²) in [6.45, 7) is 9.96. The molecule has 0 fully saturated rings. The van der Waals surface area contributed by atoms with Crippen molar-refractivity contribution in [1.29, 1.82) is 0 Å². The Morgan fingerprint density at radius 3 is 2.35 bits per heavy atom. The Balaban J connectivity index is 1.53. The molecule has 6 nitrogen and oxygen atoms in total. The van der Waals surface area contributed by atoms with E-state index < -0.39 is 0 Å². The van der Waals surface area contributed by atoms with Crippen molar-refractivity contribution in [2.75, 3.05) is 6.61 Å². The molecule has 172 valence electrons. The van der Waals surface area contributed by atoms with Crippen LogP contribution >= 0.6 is 0 Å². The Bertz CT molecular complexity index is 1410. The fourth-order valence-corrected chi connectivity index (χ4v) is 4.40. The average Bonchev–Trinajstić information content (AvgIpc) is 3.48. The lowest BCUT2D eigenvalue weighted by molar-refractivity contribution is 0.301. The van der Waals surface area contributed by atoms with Crippen molar-refractivity contribution in [2.45, 2.75) is 39.7 Å². The van der Waals surface area contributed by atoms with Crippen LogP contribution in [-0.2, 0) is 12.0 Å². The van der Waals surface area contributed by atoms with E-state index in [-0.39, 0.29) is 5.41 Å². The second kappa shape index (κ2) is 8.78. The number of fused-ring (bicyclic) bond motifs is 1. The van der Waals surface area contributed by atoms with Gasteiger partial charge in [-0.15, -0.1) is 0 Å². The van der Waals surface area contributed by atoms with Gasteiger partial charge in [-0.25, -0.2) is 4.98 Å². The van der Waals surface area contributed by atoms with Crippen LogP contribution in [0, 0.1) is 0 Å². The number of rotatable bonds is 6.